The minimum Gasteiger partial charge on any atom is -0.308 e. The van der Waals surface area contributed by atoms with Gasteiger partial charge in [0.15, 0.2) is 0 Å². The number of carbonyl (C=O) groups is 1. The SMILES string of the molecule is O=C(c1csc(-c2cnccn2)n1)N1CCn2c1nc1ccccc12. The van der Waals surface area contributed by atoms with E-state index in [-0.39, 0.29) is 5.91 Å². The zero-order chi connectivity index (χ0) is 16.8. The molecule has 0 bridgehead atoms. The van der Waals surface area contributed by atoms with E-state index >= 15 is 0 Å². The molecule has 8 heteroatoms. The minimum atomic E-state index is -0.138. The van der Waals surface area contributed by atoms with Gasteiger partial charge in [-0.05, 0) is 12.1 Å². The fourth-order valence-electron chi connectivity index (χ4n) is 3.02. The number of thiazole rings is 1. The molecule has 1 aliphatic heterocycles. The average Bonchev–Trinajstić information content (AvgIpc) is 3.37. The van der Waals surface area contributed by atoms with Crippen LogP contribution >= 0.6 is 11.3 Å². The van der Waals surface area contributed by atoms with Crippen molar-refractivity contribution in [1.82, 2.24) is 24.5 Å². The monoisotopic (exact) mass is 348 g/mol. The standard InChI is InChI=1S/C17H12N6OS/c24-16(13-10-25-15(20-13)12-9-18-5-6-19-12)23-8-7-22-14-4-2-1-3-11(14)21-17(22)23/h1-6,9-10H,7-8H2. The molecule has 25 heavy (non-hydrogen) atoms. The largest absolute Gasteiger partial charge is 0.308 e. The highest BCUT2D eigenvalue weighted by Gasteiger charge is 2.30. The first-order valence-corrected chi connectivity index (χ1v) is 8.68. The van der Waals surface area contributed by atoms with Gasteiger partial charge in [-0.1, -0.05) is 12.1 Å². The van der Waals surface area contributed by atoms with Gasteiger partial charge in [-0.3, -0.25) is 19.7 Å². The second-order valence-electron chi connectivity index (χ2n) is 5.64. The predicted molar refractivity (Wildman–Crippen MR) is 94.5 cm³/mol. The molecule has 0 N–H and O–H groups in total. The molecule has 0 aliphatic carbocycles. The van der Waals surface area contributed by atoms with E-state index in [1.54, 1.807) is 28.9 Å². The van der Waals surface area contributed by atoms with Crippen molar-refractivity contribution in [3.05, 3.63) is 53.9 Å². The van der Waals surface area contributed by atoms with Crippen LogP contribution in [-0.4, -0.2) is 37.0 Å². The van der Waals surface area contributed by atoms with Crippen molar-refractivity contribution in [3.63, 3.8) is 0 Å². The summed E-state index contributed by atoms with van der Waals surface area (Å²) in [6.45, 7) is 1.34. The third kappa shape index (κ3) is 2.22. The van der Waals surface area contributed by atoms with Gasteiger partial charge in [0, 0.05) is 30.9 Å². The lowest BCUT2D eigenvalue weighted by Crippen LogP contribution is -2.29. The summed E-state index contributed by atoms with van der Waals surface area (Å²) in [6.07, 6.45) is 4.86. The first kappa shape index (κ1) is 14.2. The van der Waals surface area contributed by atoms with Gasteiger partial charge >= 0.3 is 0 Å². The first-order chi connectivity index (χ1) is 12.3. The van der Waals surface area contributed by atoms with Crippen LogP contribution in [0.5, 0.6) is 0 Å². The van der Waals surface area contributed by atoms with Crippen molar-refractivity contribution in [2.45, 2.75) is 6.54 Å². The Morgan fingerprint density at radius 3 is 2.92 bits per heavy atom. The molecule has 0 saturated heterocycles. The Morgan fingerprint density at radius 2 is 2.04 bits per heavy atom. The maximum absolute atomic E-state index is 12.9. The summed E-state index contributed by atoms with van der Waals surface area (Å²) in [5.41, 5.74) is 3.02. The molecule has 5 rings (SSSR count). The lowest BCUT2D eigenvalue weighted by molar-refractivity contribution is 0.0984. The number of hydrogen-bond donors (Lipinski definition) is 0. The molecule has 0 radical (unpaired) electrons. The van der Waals surface area contributed by atoms with Gasteiger partial charge in [-0.2, -0.15) is 0 Å². The molecule has 4 aromatic rings. The van der Waals surface area contributed by atoms with Gasteiger partial charge in [0.1, 0.15) is 16.4 Å². The van der Waals surface area contributed by atoms with Gasteiger partial charge in [-0.25, -0.2) is 9.97 Å². The number of aromatic nitrogens is 5. The Balaban J connectivity index is 1.50. The maximum Gasteiger partial charge on any atom is 0.280 e. The Kier molecular flexibility index (Phi) is 3.10. The number of amides is 1. The fraction of sp³-hybridized carbons (Fsp3) is 0.118. The lowest BCUT2D eigenvalue weighted by atomic mass is 10.3. The quantitative estimate of drug-likeness (QED) is 0.556. The van der Waals surface area contributed by atoms with Crippen molar-refractivity contribution >= 4 is 34.2 Å². The van der Waals surface area contributed by atoms with Crippen LogP contribution in [0.2, 0.25) is 0 Å². The molecule has 1 aliphatic rings. The van der Waals surface area contributed by atoms with Crippen LogP contribution in [0.4, 0.5) is 5.95 Å². The number of anilines is 1. The predicted octanol–water partition coefficient (Wildman–Crippen LogP) is 2.61. The zero-order valence-electron chi connectivity index (χ0n) is 13.0. The Hall–Kier alpha value is -3.13. The van der Waals surface area contributed by atoms with Gasteiger partial charge in [0.25, 0.3) is 5.91 Å². The van der Waals surface area contributed by atoms with E-state index in [4.69, 9.17) is 0 Å². The van der Waals surface area contributed by atoms with Crippen molar-refractivity contribution in [3.8, 4) is 10.7 Å². The molecule has 122 valence electrons. The van der Waals surface area contributed by atoms with E-state index in [1.165, 1.54) is 11.3 Å². The van der Waals surface area contributed by atoms with Crippen molar-refractivity contribution in [1.29, 1.82) is 0 Å². The van der Waals surface area contributed by atoms with Crippen LogP contribution in [0.25, 0.3) is 21.7 Å². The molecule has 1 amide bonds. The van der Waals surface area contributed by atoms with E-state index in [2.05, 4.69) is 24.5 Å². The number of rotatable bonds is 2. The highest BCUT2D eigenvalue weighted by atomic mass is 32.1. The third-order valence-corrected chi connectivity index (χ3v) is 5.04. The summed E-state index contributed by atoms with van der Waals surface area (Å²) in [5.74, 6) is 0.542. The highest BCUT2D eigenvalue weighted by molar-refractivity contribution is 7.13. The van der Waals surface area contributed by atoms with Gasteiger partial charge < -0.3 is 4.57 Å². The molecule has 0 atom stereocenters. The first-order valence-electron chi connectivity index (χ1n) is 7.80. The van der Waals surface area contributed by atoms with Crippen LogP contribution < -0.4 is 4.90 Å². The summed E-state index contributed by atoms with van der Waals surface area (Å²) < 4.78 is 2.07. The van der Waals surface area contributed by atoms with E-state index in [1.807, 2.05) is 24.3 Å². The summed E-state index contributed by atoms with van der Waals surface area (Å²) in [5, 5.41) is 2.45. The molecule has 0 fully saturated rings. The van der Waals surface area contributed by atoms with Gasteiger partial charge in [0.2, 0.25) is 5.95 Å². The second-order valence-corrected chi connectivity index (χ2v) is 6.50. The molecule has 0 spiro atoms. The van der Waals surface area contributed by atoms with Crippen molar-refractivity contribution in [2.24, 2.45) is 0 Å². The van der Waals surface area contributed by atoms with Gasteiger partial charge in [-0.15, -0.1) is 11.3 Å². The fourth-order valence-corrected chi connectivity index (χ4v) is 3.77. The number of para-hydroxylation sites is 2. The van der Waals surface area contributed by atoms with Crippen LogP contribution in [0.1, 0.15) is 10.5 Å². The van der Waals surface area contributed by atoms with Crippen LogP contribution in [0.15, 0.2) is 48.2 Å². The van der Waals surface area contributed by atoms with E-state index in [9.17, 15) is 4.79 Å². The Labute approximate surface area is 146 Å². The molecule has 7 nitrogen and oxygen atoms in total. The molecular formula is C17H12N6OS. The number of benzene rings is 1. The Morgan fingerprint density at radius 1 is 1.12 bits per heavy atom. The zero-order valence-corrected chi connectivity index (χ0v) is 13.8. The summed E-state index contributed by atoms with van der Waals surface area (Å²) in [6, 6.07) is 7.91. The molecule has 0 saturated carbocycles. The van der Waals surface area contributed by atoms with Crippen LogP contribution in [-0.2, 0) is 6.54 Å². The van der Waals surface area contributed by atoms with E-state index in [0.29, 0.717) is 28.9 Å². The number of fused-ring (bicyclic) bond motifs is 3. The normalized spacial score (nSPS) is 13.4. The number of carbonyl (C=O) groups excluding carboxylic acids is 1. The summed E-state index contributed by atoms with van der Waals surface area (Å²) >= 11 is 1.39. The van der Waals surface area contributed by atoms with E-state index < -0.39 is 0 Å². The number of nitrogens with zero attached hydrogens (tertiary/aromatic N) is 6. The second kappa shape index (κ2) is 5.45. The van der Waals surface area contributed by atoms with Crippen LogP contribution in [0, 0.1) is 0 Å². The highest BCUT2D eigenvalue weighted by Crippen LogP contribution is 2.29. The smallest absolute Gasteiger partial charge is 0.280 e. The van der Waals surface area contributed by atoms with Crippen molar-refractivity contribution in [2.75, 3.05) is 11.4 Å². The number of hydrogen-bond acceptors (Lipinski definition) is 6. The topological polar surface area (TPSA) is 76.8 Å². The number of imidazole rings is 1. The third-order valence-electron chi connectivity index (χ3n) is 4.17. The molecular weight excluding hydrogens is 336 g/mol. The lowest BCUT2D eigenvalue weighted by Gasteiger charge is -2.11. The summed E-state index contributed by atoms with van der Waals surface area (Å²) in [7, 11) is 0. The average molecular weight is 348 g/mol. The maximum atomic E-state index is 12.9. The Bertz CT molecular complexity index is 1090. The molecule has 0 unspecified atom stereocenters. The summed E-state index contributed by atoms with van der Waals surface area (Å²) in [4.78, 5) is 31.9. The van der Waals surface area contributed by atoms with Crippen molar-refractivity contribution < 1.29 is 4.79 Å². The van der Waals surface area contributed by atoms with Gasteiger partial charge in [0.05, 0.1) is 17.2 Å². The minimum absolute atomic E-state index is 0.138. The van der Waals surface area contributed by atoms with E-state index in [0.717, 1.165) is 17.6 Å². The molecule has 1 aromatic carbocycles. The molecule has 3 aromatic heterocycles. The molecule has 4 heterocycles. The van der Waals surface area contributed by atoms with Crippen LogP contribution in [0.3, 0.4) is 0 Å².